The number of amides is 2. The van der Waals surface area contributed by atoms with Gasteiger partial charge in [0.25, 0.3) is 5.91 Å². The second-order valence-corrected chi connectivity index (χ2v) is 6.85. The van der Waals surface area contributed by atoms with E-state index < -0.39 is 5.97 Å². The second kappa shape index (κ2) is 9.42. The number of rotatable bonds is 8. The molecular weight excluding hydrogens is 328 g/mol. The highest BCUT2D eigenvalue weighted by atomic mass is 32.1. The molecule has 0 unspecified atom stereocenters. The van der Waals surface area contributed by atoms with Gasteiger partial charge < -0.3 is 15.0 Å². The molecule has 0 aliphatic rings. The maximum atomic E-state index is 12.4. The normalized spacial score (nSPS) is 10.4. The molecule has 0 aliphatic heterocycles. The summed E-state index contributed by atoms with van der Waals surface area (Å²) in [6, 6.07) is 0. The van der Waals surface area contributed by atoms with Gasteiger partial charge in [-0.15, -0.1) is 11.3 Å². The van der Waals surface area contributed by atoms with Crippen molar-refractivity contribution < 1.29 is 19.1 Å². The number of aryl methyl sites for hydroxylation is 1. The zero-order chi connectivity index (χ0) is 18.3. The van der Waals surface area contributed by atoms with Crippen LogP contribution in [0.1, 0.15) is 54.4 Å². The number of carbonyl (C=O) groups is 3. The summed E-state index contributed by atoms with van der Waals surface area (Å²) in [5.41, 5.74) is 1.10. The quantitative estimate of drug-likeness (QED) is 0.728. The summed E-state index contributed by atoms with van der Waals surface area (Å²) in [6.45, 7) is 10.1. The van der Waals surface area contributed by atoms with Gasteiger partial charge in [-0.25, -0.2) is 4.79 Å². The second-order valence-electron chi connectivity index (χ2n) is 5.63. The number of hydrogen-bond donors (Lipinski definition) is 1. The van der Waals surface area contributed by atoms with Gasteiger partial charge in [0.1, 0.15) is 5.00 Å². The van der Waals surface area contributed by atoms with Crippen LogP contribution in [-0.2, 0) is 14.3 Å². The van der Waals surface area contributed by atoms with E-state index in [0.717, 1.165) is 23.3 Å². The molecular formula is C17H26N2O4S. The Balaban J connectivity index is 2.81. The highest BCUT2D eigenvalue weighted by Gasteiger charge is 2.23. The summed E-state index contributed by atoms with van der Waals surface area (Å²) in [5.74, 6) is -1.03. The van der Waals surface area contributed by atoms with Crippen molar-refractivity contribution in [2.45, 2.75) is 47.5 Å². The molecule has 0 aliphatic carbocycles. The summed E-state index contributed by atoms with van der Waals surface area (Å²) in [4.78, 5) is 38.5. The minimum absolute atomic E-state index is 0.197. The first-order valence-corrected chi connectivity index (χ1v) is 8.95. The smallest absolute Gasteiger partial charge is 0.341 e. The van der Waals surface area contributed by atoms with E-state index >= 15 is 0 Å². The van der Waals surface area contributed by atoms with Crippen LogP contribution in [0.2, 0.25) is 0 Å². The number of hydrogen-bond acceptors (Lipinski definition) is 5. The predicted octanol–water partition coefficient (Wildman–Crippen LogP) is 3.13. The van der Waals surface area contributed by atoms with Gasteiger partial charge in [-0.05, 0) is 32.3 Å². The van der Waals surface area contributed by atoms with Crippen molar-refractivity contribution >= 4 is 34.1 Å². The fourth-order valence-electron chi connectivity index (χ4n) is 2.31. The zero-order valence-electron chi connectivity index (χ0n) is 15.0. The summed E-state index contributed by atoms with van der Waals surface area (Å²) in [6.07, 6.45) is 1.71. The Kier molecular flexibility index (Phi) is 7.91. The van der Waals surface area contributed by atoms with E-state index in [1.54, 1.807) is 11.8 Å². The number of thiophene rings is 1. The molecule has 2 amide bonds. The number of carbonyl (C=O) groups excluding carboxylic acids is 3. The zero-order valence-corrected chi connectivity index (χ0v) is 15.8. The van der Waals surface area contributed by atoms with Crippen LogP contribution in [0.15, 0.2) is 0 Å². The van der Waals surface area contributed by atoms with Gasteiger partial charge in [0.2, 0.25) is 5.91 Å². The highest BCUT2D eigenvalue weighted by molar-refractivity contribution is 7.16. The lowest BCUT2D eigenvalue weighted by atomic mass is 10.1. The van der Waals surface area contributed by atoms with Gasteiger partial charge in [-0.1, -0.05) is 13.8 Å². The molecule has 6 nitrogen and oxygen atoms in total. The molecule has 0 fully saturated rings. The van der Waals surface area contributed by atoms with Crippen LogP contribution in [0.4, 0.5) is 5.00 Å². The predicted molar refractivity (Wildman–Crippen MR) is 95.5 cm³/mol. The van der Waals surface area contributed by atoms with Crippen LogP contribution < -0.4 is 5.32 Å². The number of nitrogens with one attached hydrogen (secondary N) is 1. The van der Waals surface area contributed by atoms with Gasteiger partial charge in [0, 0.05) is 24.9 Å². The topological polar surface area (TPSA) is 75.7 Å². The Bertz CT molecular complexity index is 604. The molecule has 0 bridgehead atoms. The maximum absolute atomic E-state index is 12.4. The Morgan fingerprint density at radius 3 is 2.21 bits per heavy atom. The van der Waals surface area contributed by atoms with Gasteiger partial charge in [-0.2, -0.15) is 0 Å². The fourth-order valence-corrected chi connectivity index (χ4v) is 3.41. The summed E-state index contributed by atoms with van der Waals surface area (Å²) in [5, 5.41) is 3.12. The van der Waals surface area contributed by atoms with Gasteiger partial charge in [0.05, 0.1) is 5.56 Å². The molecule has 0 radical (unpaired) electrons. The van der Waals surface area contributed by atoms with E-state index in [9.17, 15) is 14.4 Å². The molecule has 1 heterocycles. The Morgan fingerprint density at radius 2 is 1.71 bits per heavy atom. The van der Waals surface area contributed by atoms with Crippen LogP contribution in [0.3, 0.4) is 0 Å². The van der Waals surface area contributed by atoms with Crippen molar-refractivity contribution in [1.29, 1.82) is 0 Å². The monoisotopic (exact) mass is 354 g/mol. The van der Waals surface area contributed by atoms with E-state index in [1.165, 1.54) is 18.3 Å². The lowest BCUT2D eigenvalue weighted by Gasteiger charge is -2.21. The van der Waals surface area contributed by atoms with Gasteiger partial charge in [0.15, 0.2) is 6.61 Å². The first-order chi connectivity index (χ1) is 11.3. The van der Waals surface area contributed by atoms with Crippen LogP contribution in [-0.4, -0.2) is 42.4 Å². The number of esters is 1. The molecule has 24 heavy (non-hydrogen) atoms. The number of ether oxygens (including phenoxy) is 1. The number of nitrogens with zero attached hydrogens (tertiary/aromatic N) is 1. The Hall–Kier alpha value is -1.89. The third-order valence-electron chi connectivity index (χ3n) is 3.55. The van der Waals surface area contributed by atoms with Crippen molar-refractivity contribution in [3.63, 3.8) is 0 Å². The molecule has 0 saturated carbocycles. The van der Waals surface area contributed by atoms with E-state index in [2.05, 4.69) is 5.32 Å². The van der Waals surface area contributed by atoms with Crippen molar-refractivity contribution in [2.75, 3.05) is 25.0 Å². The molecule has 7 heteroatoms. The van der Waals surface area contributed by atoms with Crippen LogP contribution >= 0.6 is 11.3 Å². The third kappa shape index (κ3) is 5.33. The fraction of sp³-hybridized carbons (Fsp3) is 0.588. The molecule has 0 spiro atoms. The Labute approximate surface area is 147 Å². The molecule has 134 valence electrons. The third-order valence-corrected chi connectivity index (χ3v) is 4.67. The maximum Gasteiger partial charge on any atom is 0.341 e. The minimum atomic E-state index is -0.582. The van der Waals surface area contributed by atoms with Gasteiger partial charge >= 0.3 is 5.97 Å². The first kappa shape index (κ1) is 20.2. The number of anilines is 1. The van der Waals surface area contributed by atoms with E-state index in [0.29, 0.717) is 23.7 Å². The van der Waals surface area contributed by atoms with Crippen LogP contribution in [0, 0.1) is 13.8 Å². The molecule has 1 aromatic heterocycles. The molecule has 0 aromatic carbocycles. The Morgan fingerprint density at radius 1 is 1.12 bits per heavy atom. The average molecular weight is 354 g/mol. The summed E-state index contributed by atoms with van der Waals surface area (Å²) in [7, 11) is 0. The average Bonchev–Trinajstić information content (AvgIpc) is 2.78. The SMILES string of the molecule is CCCN(CCC)C(=O)COC(=O)c1c(NC(C)=O)sc(C)c1C. The first-order valence-electron chi connectivity index (χ1n) is 8.14. The van der Waals surface area contributed by atoms with Crippen molar-refractivity contribution in [1.82, 2.24) is 4.90 Å². The lowest BCUT2D eigenvalue weighted by Crippen LogP contribution is -2.36. The highest BCUT2D eigenvalue weighted by Crippen LogP contribution is 2.32. The van der Waals surface area contributed by atoms with E-state index in [4.69, 9.17) is 4.74 Å². The minimum Gasteiger partial charge on any atom is -0.452 e. The summed E-state index contributed by atoms with van der Waals surface area (Å²) >= 11 is 1.33. The van der Waals surface area contributed by atoms with Crippen molar-refractivity contribution in [3.05, 3.63) is 16.0 Å². The lowest BCUT2D eigenvalue weighted by molar-refractivity contribution is -0.134. The standard InChI is InChI=1S/C17H26N2O4S/c1-6-8-19(9-7-2)14(21)10-23-17(22)15-11(3)12(4)24-16(15)18-13(5)20/h6-10H2,1-5H3,(H,18,20). The molecule has 1 rings (SSSR count). The van der Waals surface area contributed by atoms with E-state index in [1.807, 2.05) is 20.8 Å². The molecule has 0 saturated heterocycles. The molecule has 1 N–H and O–H groups in total. The summed E-state index contributed by atoms with van der Waals surface area (Å²) < 4.78 is 5.21. The van der Waals surface area contributed by atoms with Crippen molar-refractivity contribution in [2.24, 2.45) is 0 Å². The van der Waals surface area contributed by atoms with Crippen LogP contribution in [0.25, 0.3) is 0 Å². The molecule has 1 aromatic rings. The van der Waals surface area contributed by atoms with Crippen LogP contribution in [0.5, 0.6) is 0 Å². The van der Waals surface area contributed by atoms with Crippen molar-refractivity contribution in [3.8, 4) is 0 Å². The van der Waals surface area contributed by atoms with Gasteiger partial charge in [-0.3, -0.25) is 9.59 Å². The molecule has 0 atom stereocenters. The van der Waals surface area contributed by atoms with E-state index in [-0.39, 0.29) is 18.4 Å². The largest absolute Gasteiger partial charge is 0.452 e.